The van der Waals surface area contributed by atoms with Crippen LogP contribution in [0, 0.1) is 6.92 Å². The minimum atomic E-state index is -0.0511. The van der Waals surface area contributed by atoms with Gasteiger partial charge in [-0.3, -0.25) is 4.79 Å². The van der Waals surface area contributed by atoms with E-state index in [9.17, 15) is 4.79 Å². The van der Waals surface area contributed by atoms with E-state index in [1.54, 1.807) is 11.9 Å². The zero-order valence-electron chi connectivity index (χ0n) is 14.6. The van der Waals surface area contributed by atoms with Crippen molar-refractivity contribution >= 4 is 11.6 Å². The van der Waals surface area contributed by atoms with E-state index in [-0.39, 0.29) is 19.1 Å². The highest BCUT2D eigenvalue weighted by molar-refractivity contribution is 5.94. The van der Waals surface area contributed by atoms with Gasteiger partial charge in [0.2, 0.25) is 18.6 Å². The second kappa shape index (κ2) is 6.55. The quantitative estimate of drug-likeness (QED) is 0.719. The molecule has 0 bridgehead atoms. The first kappa shape index (κ1) is 16.2. The average Bonchev–Trinajstić information content (AvgIpc) is 3.28. The van der Waals surface area contributed by atoms with Crippen LogP contribution in [-0.4, -0.2) is 24.7 Å². The van der Waals surface area contributed by atoms with Crippen molar-refractivity contribution in [3.8, 4) is 23.0 Å². The van der Waals surface area contributed by atoms with Gasteiger partial charge in [-0.05, 0) is 37.3 Å². The van der Waals surface area contributed by atoms with Crippen LogP contribution in [0.2, 0.25) is 0 Å². The summed E-state index contributed by atoms with van der Waals surface area (Å²) in [4.78, 5) is 18.7. The van der Waals surface area contributed by atoms with Crippen LogP contribution < -0.4 is 14.4 Å². The molecule has 0 spiro atoms. The third kappa shape index (κ3) is 3.01. The van der Waals surface area contributed by atoms with Crippen LogP contribution in [0.15, 0.2) is 52.9 Å². The molecule has 1 aromatic heterocycles. The van der Waals surface area contributed by atoms with Gasteiger partial charge in [-0.2, -0.15) is 0 Å². The predicted molar refractivity (Wildman–Crippen MR) is 96.4 cm³/mol. The molecule has 0 atom stereocenters. The van der Waals surface area contributed by atoms with Crippen LogP contribution in [0.4, 0.5) is 5.69 Å². The lowest BCUT2D eigenvalue weighted by molar-refractivity contribution is -0.117. The summed E-state index contributed by atoms with van der Waals surface area (Å²) in [5.41, 5.74) is 2.26. The van der Waals surface area contributed by atoms with Crippen LogP contribution >= 0.6 is 0 Å². The third-order valence-corrected chi connectivity index (χ3v) is 4.35. The predicted octanol–water partition coefficient (Wildman–Crippen LogP) is 3.58. The van der Waals surface area contributed by atoms with E-state index in [4.69, 9.17) is 13.9 Å². The molecule has 1 aliphatic heterocycles. The fraction of sp³-hybridized carbons (Fsp3) is 0.200. The van der Waals surface area contributed by atoms with Gasteiger partial charge >= 0.3 is 0 Å². The molecule has 0 saturated heterocycles. The summed E-state index contributed by atoms with van der Waals surface area (Å²) in [6.45, 7) is 2.03. The molecule has 0 N–H and O–H groups in total. The summed E-state index contributed by atoms with van der Waals surface area (Å²) in [5, 5.41) is 0. The number of carbonyl (C=O) groups is 1. The van der Waals surface area contributed by atoms with Crippen LogP contribution in [0.5, 0.6) is 11.5 Å². The molecule has 0 fully saturated rings. The molecule has 4 rings (SSSR count). The van der Waals surface area contributed by atoms with E-state index in [2.05, 4.69) is 4.98 Å². The lowest BCUT2D eigenvalue weighted by Crippen LogP contribution is -2.28. The van der Waals surface area contributed by atoms with Gasteiger partial charge < -0.3 is 18.8 Å². The Morgan fingerprint density at radius 1 is 1.12 bits per heavy atom. The number of ether oxygens (including phenoxy) is 2. The second-order valence-corrected chi connectivity index (χ2v) is 6.06. The number of hydrogen-bond donors (Lipinski definition) is 0. The first-order valence-corrected chi connectivity index (χ1v) is 8.30. The summed E-state index contributed by atoms with van der Waals surface area (Å²) in [6.07, 6.45) is 0.172. The molecule has 0 aliphatic carbocycles. The van der Waals surface area contributed by atoms with E-state index in [0.717, 1.165) is 11.3 Å². The van der Waals surface area contributed by atoms with Crippen LogP contribution in [0.3, 0.4) is 0 Å². The van der Waals surface area contributed by atoms with Crippen molar-refractivity contribution in [1.29, 1.82) is 0 Å². The number of amides is 1. The third-order valence-electron chi connectivity index (χ3n) is 4.35. The standard InChI is InChI=1S/C20H18N2O4/c1-13-16(11-19(23)22(2)15-6-4-3-5-7-15)21-20(26-13)14-8-9-17-18(10-14)25-12-24-17/h3-10H,11-12H2,1-2H3. The van der Waals surface area contributed by atoms with Crippen molar-refractivity contribution in [2.75, 3.05) is 18.7 Å². The van der Waals surface area contributed by atoms with Gasteiger partial charge in [-0.1, -0.05) is 18.2 Å². The summed E-state index contributed by atoms with van der Waals surface area (Å²) >= 11 is 0. The SMILES string of the molecule is Cc1oc(-c2ccc3c(c2)OCO3)nc1CC(=O)N(C)c1ccccc1. The Bertz CT molecular complexity index is 950. The number of anilines is 1. The Hall–Kier alpha value is -3.28. The van der Waals surface area contributed by atoms with E-state index in [0.29, 0.717) is 28.8 Å². The van der Waals surface area contributed by atoms with Gasteiger partial charge in [0.05, 0.1) is 12.1 Å². The molecule has 0 unspecified atom stereocenters. The molecule has 132 valence electrons. The maximum absolute atomic E-state index is 12.6. The zero-order chi connectivity index (χ0) is 18.1. The zero-order valence-corrected chi connectivity index (χ0v) is 14.6. The van der Waals surface area contributed by atoms with Gasteiger partial charge in [0.25, 0.3) is 0 Å². The fourth-order valence-electron chi connectivity index (χ4n) is 2.80. The number of para-hydroxylation sites is 1. The topological polar surface area (TPSA) is 64.8 Å². The van der Waals surface area contributed by atoms with Crippen LogP contribution in [0.25, 0.3) is 11.5 Å². The first-order chi connectivity index (χ1) is 12.6. The highest BCUT2D eigenvalue weighted by atomic mass is 16.7. The van der Waals surface area contributed by atoms with Crippen molar-refractivity contribution in [3.63, 3.8) is 0 Å². The van der Waals surface area contributed by atoms with Crippen molar-refractivity contribution in [2.24, 2.45) is 0 Å². The number of rotatable bonds is 4. The van der Waals surface area contributed by atoms with Crippen molar-refractivity contribution in [2.45, 2.75) is 13.3 Å². The lowest BCUT2D eigenvalue weighted by atomic mass is 10.2. The summed E-state index contributed by atoms with van der Waals surface area (Å²) < 4.78 is 16.5. The molecule has 1 aliphatic rings. The Kier molecular flexibility index (Phi) is 4.08. The molecule has 2 heterocycles. The molecule has 3 aromatic rings. The minimum Gasteiger partial charge on any atom is -0.454 e. The van der Waals surface area contributed by atoms with Crippen LogP contribution in [-0.2, 0) is 11.2 Å². The highest BCUT2D eigenvalue weighted by Crippen LogP contribution is 2.36. The van der Waals surface area contributed by atoms with E-state index in [1.807, 2.05) is 55.5 Å². The Balaban J connectivity index is 1.54. The molecule has 0 saturated carbocycles. The Morgan fingerprint density at radius 2 is 1.88 bits per heavy atom. The van der Waals surface area contributed by atoms with E-state index in [1.165, 1.54) is 0 Å². The smallest absolute Gasteiger partial charge is 0.232 e. The number of nitrogens with zero attached hydrogens (tertiary/aromatic N) is 2. The lowest BCUT2D eigenvalue weighted by Gasteiger charge is -2.16. The number of hydrogen-bond acceptors (Lipinski definition) is 5. The van der Waals surface area contributed by atoms with Gasteiger partial charge in [-0.25, -0.2) is 4.98 Å². The van der Waals surface area contributed by atoms with Crippen LogP contribution in [0.1, 0.15) is 11.5 Å². The summed E-state index contributed by atoms with van der Waals surface area (Å²) in [6, 6.07) is 15.0. The van der Waals surface area contributed by atoms with Crippen molar-refractivity contribution in [1.82, 2.24) is 4.98 Å². The van der Waals surface area contributed by atoms with E-state index >= 15 is 0 Å². The van der Waals surface area contributed by atoms with Gasteiger partial charge in [0, 0.05) is 18.3 Å². The van der Waals surface area contributed by atoms with Gasteiger partial charge in [0.1, 0.15) is 5.76 Å². The Morgan fingerprint density at radius 3 is 2.69 bits per heavy atom. The summed E-state index contributed by atoms with van der Waals surface area (Å²) in [5.74, 6) is 2.42. The monoisotopic (exact) mass is 350 g/mol. The number of aryl methyl sites for hydroxylation is 1. The second-order valence-electron chi connectivity index (χ2n) is 6.06. The highest BCUT2D eigenvalue weighted by Gasteiger charge is 2.20. The maximum atomic E-state index is 12.6. The van der Waals surface area contributed by atoms with Crippen molar-refractivity contribution < 1.29 is 18.7 Å². The average molecular weight is 350 g/mol. The normalized spacial score (nSPS) is 12.2. The fourth-order valence-corrected chi connectivity index (χ4v) is 2.80. The number of fused-ring (bicyclic) bond motifs is 1. The van der Waals surface area contributed by atoms with Gasteiger partial charge in [-0.15, -0.1) is 0 Å². The Labute approximate surface area is 151 Å². The van der Waals surface area contributed by atoms with Crippen molar-refractivity contribution in [3.05, 3.63) is 60.0 Å². The molecular weight excluding hydrogens is 332 g/mol. The molecular formula is C20H18N2O4. The maximum Gasteiger partial charge on any atom is 0.232 e. The molecule has 2 aromatic carbocycles. The first-order valence-electron chi connectivity index (χ1n) is 8.30. The number of likely N-dealkylation sites (N-methyl/N-ethyl adjacent to an activating group) is 1. The molecule has 26 heavy (non-hydrogen) atoms. The molecule has 6 heteroatoms. The largest absolute Gasteiger partial charge is 0.454 e. The number of aromatic nitrogens is 1. The molecule has 1 amide bonds. The molecule has 0 radical (unpaired) electrons. The van der Waals surface area contributed by atoms with Gasteiger partial charge in [0.15, 0.2) is 11.5 Å². The number of benzene rings is 2. The number of carbonyl (C=O) groups excluding carboxylic acids is 1. The minimum absolute atomic E-state index is 0.0511. The number of oxazole rings is 1. The van der Waals surface area contributed by atoms with E-state index < -0.39 is 0 Å². The molecule has 6 nitrogen and oxygen atoms in total. The summed E-state index contributed by atoms with van der Waals surface area (Å²) in [7, 11) is 1.76.